The van der Waals surface area contributed by atoms with E-state index in [0.717, 1.165) is 18.5 Å². The summed E-state index contributed by atoms with van der Waals surface area (Å²) in [6.45, 7) is 2.04. The van der Waals surface area contributed by atoms with Gasteiger partial charge in [0.1, 0.15) is 16.2 Å². The smallest absolute Gasteiger partial charge is 0.274 e. The van der Waals surface area contributed by atoms with Crippen molar-refractivity contribution in [3.8, 4) is 11.4 Å². The highest BCUT2D eigenvalue weighted by Gasteiger charge is 2.25. The minimum Gasteiger partial charge on any atom is -0.394 e. The van der Waals surface area contributed by atoms with Crippen molar-refractivity contribution in [3.05, 3.63) is 60.7 Å². The minimum absolute atomic E-state index is 0.0275. The summed E-state index contributed by atoms with van der Waals surface area (Å²) >= 11 is 0. The molecule has 0 bridgehead atoms. The van der Waals surface area contributed by atoms with Crippen LogP contribution in [-0.4, -0.2) is 28.3 Å². The van der Waals surface area contributed by atoms with Crippen molar-refractivity contribution in [2.45, 2.75) is 31.1 Å². The van der Waals surface area contributed by atoms with Crippen LogP contribution in [0.5, 0.6) is 5.75 Å². The molecule has 0 atom stereocenters. The molecule has 2 aromatic heterocycles. The van der Waals surface area contributed by atoms with Gasteiger partial charge in [-0.3, -0.25) is 0 Å². The number of hydrogen-bond donors (Lipinski definition) is 1. The average Bonchev–Trinajstić information content (AvgIpc) is 3.42. The molecule has 4 aromatic rings. The van der Waals surface area contributed by atoms with E-state index in [4.69, 9.17) is 9.47 Å². The van der Waals surface area contributed by atoms with Crippen LogP contribution in [0.25, 0.3) is 16.7 Å². The highest BCUT2D eigenvalue weighted by atomic mass is 32.2. The number of rotatable bonds is 8. The first-order chi connectivity index (χ1) is 14.1. The first-order valence-corrected chi connectivity index (χ1v) is 10.6. The van der Waals surface area contributed by atoms with E-state index in [9.17, 15) is 8.42 Å². The fourth-order valence-corrected chi connectivity index (χ4v) is 4.18. The molecule has 0 fully saturated rings. The Kier molecular flexibility index (Phi) is 5.28. The Morgan fingerprint density at radius 2 is 1.97 bits per heavy atom. The summed E-state index contributed by atoms with van der Waals surface area (Å²) in [6.07, 6.45) is 7.52. The Bertz CT molecular complexity index is 1200. The van der Waals surface area contributed by atoms with Gasteiger partial charge in [0.2, 0.25) is 0 Å². The van der Waals surface area contributed by atoms with Gasteiger partial charge in [0.15, 0.2) is 5.52 Å². The van der Waals surface area contributed by atoms with Crippen LogP contribution in [0.1, 0.15) is 25.3 Å². The lowest BCUT2D eigenvalue weighted by atomic mass is 10.1. The van der Waals surface area contributed by atoms with E-state index in [1.807, 2.05) is 17.7 Å². The fourth-order valence-electron chi connectivity index (χ4n) is 2.98. The molecule has 0 saturated heterocycles. The quantitative estimate of drug-likeness (QED) is 0.442. The summed E-state index contributed by atoms with van der Waals surface area (Å²) in [7, 11) is -4.02. The lowest BCUT2D eigenvalue weighted by Gasteiger charge is -2.12. The first kappa shape index (κ1) is 19.1. The SMILES string of the molecule is CCCCc1ccc2nonc2c1S(=O)(=O)NOc1ccc(-n2ccnc2)cc1. The highest BCUT2D eigenvalue weighted by Crippen LogP contribution is 2.26. The normalized spacial score (nSPS) is 11.8. The van der Waals surface area contributed by atoms with E-state index < -0.39 is 10.0 Å². The molecule has 0 amide bonds. The molecule has 2 aromatic carbocycles. The molecule has 10 heteroatoms. The zero-order valence-corrected chi connectivity index (χ0v) is 16.5. The van der Waals surface area contributed by atoms with Crippen molar-refractivity contribution in [2.24, 2.45) is 0 Å². The zero-order chi connectivity index (χ0) is 20.3. The minimum atomic E-state index is -4.02. The first-order valence-electron chi connectivity index (χ1n) is 9.09. The van der Waals surface area contributed by atoms with Crippen LogP contribution in [0, 0.1) is 0 Å². The topological polar surface area (TPSA) is 112 Å². The molecule has 9 nitrogen and oxygen atoms in total. The summed E-state index contributed by atoms with van der Waals surface area (Å²) in [5, 5.41) is 7.52. The van der Waals surface area contributed by atoms with Crippen molar-refractivity contribution in [1.82, 2.24) is 24.7 Å². The van der Waals surface area contributed by atoms with Crippen LogP contribution in [-0.2, 0) is 16.4 Å². The lowest BCUT2D eigenvalue weighted by Crippen LogP contribution is -2.28. The third kappa shape index (κ3) is 3.98. The van der Waals surface area contributed by atoms with E-state index in [-0.39, 0.29) is 10.4 Å². The number of nitrogens with one attached hydrogen (secondary N) is 1. The van der Waals surface area contributed by atoms with Gasteiger partial charge in [-0.1, -0.05) is 19.4 Å². The largest absolute Gasteiger partial charge is 0.394 e. The van der Waals surface area contributed by atoms with Crippen LogP contribution >= 0.6 is 0 Å². The van der Waals surface area contributed by atoms with Crippen LogP contribution in [0.15, 0.2) is 64.6 Å². The molecule has 29 heavy (non-hydrogen) atoms. The van der Waals surface area contributed by atoms with Gasteiger partial charge in [-0.25, -0.2) is 18.0 Å². The fraction of sp³-hybridized carbons (Fsp3) is 0.211. The molecule has 2 heterocycles. The molecule has 0 radical (unpaired) electrons. The zero-order valence-electron chi connectivity index (χ0n) is 15.6. The van der Waals surface area contributed by atoms with Gasteiger partial charge in [0, 0.05) is 18.1 Å². The van der Waals surface area contributed by atoms with Gasteiger partial charge in [-0.15, -0.1) is 0 Å². The van der Waals surface area contributed by atoms with E-state index in [2.05, 4.69) is 20.2 Å². The Balaban J connectivity index is 1.58. The molecule has 0 saturated carbocycles. The standard InChI is InChI=1S/C19H19N5O4S/c1-2-3-4-14-5-10-17-18(22-28-21-17)19(14)29(25,26)23-27-16-8-6-15(7-9-16)24-12-11-20-13-24/h5-13,23H,2-4H2,1H3. The molecule has 150 valence electrons. The summed E-state index contributed by atoms with van der Waals surface area (Å²) in [4.78, 5) is 11.6. The molecule has 0 spiro atoms. The Morgan fingerprint density at radius 3 is 2.69 bits per heavy atom. The summed E-state index contributed by atoms with van der Waals surface area (Å²) in [5.41, 5.74) is 2.07. The summed E-state index contributed by atoms with van der Waals surface area (Å²) < 4.78 is 32.6. The molecule has 1 N–H and O–H groups in total. The van der Waals surface area contributed by atoms with Gasteiger partial charge in [-0.05, 0) is 63.9 Å². The maximum Gasteiger partial charge on any atom is 0.274 e. The number of imidazole rings is 1. The molecule has 0 aliphatic heterocycles. The monoisotopic (exact) mass is 413 g/mol. The third-order valence-electron chi connectivity index (χ3n) is 4.44. The van der Waals surface area contributed by atoms with Crippen LogP contribution in [0.4, 0.5) is 0 Å². The van der Waals surface area contributed by atoms with Crippen LogP contribution < -0.4 is 9.72 Å². The molecule has 0 unspecified atom stereocenters. The summed E-state index contributed by atoms with van der Waals surface area (Å²) in [5.74, 6) is 0.345. The van der Waals surface area contributed by atoms with Gasteiger partial charge in [0.05, 0.1) is 6.33 Å². The third-order valence-corrected chi connectivity index (χ3v) is 5.74. The highest BCUT2D eigenvalue weighted by molar-refractivity contribution is 7.89. The Morgan fingerprint density at radius 1 is 1.14 bits per heavy atom. The number of unbranched alkanes of at least 4 members (excludes halogenated alkanes) is 1. The maximum absolute atomic E-state index is 13.0. The van der Waals surface area contributed by atoms with Crippen LogP contribution in [0.3, 0.4) is 0 Å². The number of aromatic nitrogens is 4. The van der Waals surface area contributed by atoms with Gasteiger partial charge < -0.3 is 9.40 Å². The molecule has 0 aliphatic rings. The lowest BCUT2D eigenvalue weighted by molar-refractivity contribution is 0.269. The second-order valence-electron chi connectivity index (χ2n) is 6.44. The number of fused-ring (bicyclic) bond motifs is 1. The van der Waals surface area contributed by atoms with Crippen LogP contribution in [0.2, 0.25) is 0 Å². The molecular formula is C19H19N5O4S. The van der Waals surface area contributed by atoms with Crippen molar-refractivity contribution in [2.75, 3.05) is 0 Å². The Hall–Kier alpha value is -3.24. The van der Waals surface area contributed by atoms with Crippen molar-refractivity contribution >= 4 is 21.1 Å². The van der Waals surface area contributed by atoms with E-state index in [1.54, 1.807) is 48.9 Å². The number of sulfonamides is 1. The number of benzene rings is 2. The predicted octanol–water partition coefficient (Wildman–Crippen LogP) is 3.02. The number of aryl methyl sites for hydroxylation is 1. The van der Waals surface area contributed by atoms with Gasteiger partial charge >= 0.3 is 0 Å². The number of hydrogen-bond acceptors (Lipinski definition) is 7. The van der Waals surface area contributed by atoms with Crippen molar-refractivity contribution in [3.63, 3.8) is 0 Å². The van der Waals surface area contributed by atoms with E-state index in [1.165, 1.54) is 0 Å². The van der Waals surface area contributed by atoms with E-state index >= 15 is 0 Å². The number of nitrogens with zero attached hydrogens (tertiary/aromatic N) is 4. The predicted molar refractivity (Wildman–Crippen MR) is 105 cm³/mol. The Labute approximate surface area is 167 Å². The second kappa shape index (κ2) is 8.02. The molecule has 4 rings (SSSR count). The summed E-state index contributed by atoms with van der Waals surface area (Å²) in [6, 6.07) is 10.3. The second-order valence-corrected chi connectivity index (χ2v) is 8.02. The average molecular weight is 413 g/mol. The van der Waals surface area contributed by atoms with Crippen molar-refractivity contribution < 1.29 is 17.9 Å². The maximum atomic E-state index is 13.0. The van der Waals surface area contributed by atoms with Gasteiger partial charge in [-0.2, -0.15) is 0 Å². The molecule has 0 aliphatic carbocycles. The van der Waals surface area contributed by atoms with Crippen molar-refractivity contribution in [1.29, 1.82) is 0 Å². The molecular weight excluding hydrogens is 394 g/mol. The van der Waals surface area contributed by atoms with E-state index in [0.29, 0.717) is 23.3 Å². The van der Waals surface area contributed by atoms with Gasteiger partial charge in [0.25, 0.3) is 10.0 Å².